The number of H-pyrrole nitrogens is 1. The van der Waals surface area contributed by atoms with Gasteiger partial charge in [-0.3, -0.25) is 9.89 Å². The van der Waals surface area contributed by atoms with Crippen LogP contribution in [0, 0.1) is 17.2 Å². The molecule has 2 N–H and O–H groups in total. The lowest BCUT2D eigenvalue weighted by Crippen LogP contribution is -2.28. The Bertz CT molecular complexity index is 683. The van der Waals surface area contributed by atoms with E-state index in [2.05, 4.69) is 27.6 Å². The van der Waals surface area contributed by atoms with Gasteiger partial charge in [-0.1, -0.05) is 24.3 Å². The molecule has 1 aliphatic rings. The SMILES string of the molecule is N#Cc1cn[nH]c1NC(=O)C1CCc2ccccc2C1. The molecular weight excluding hydrogens is 252 g/mol. The molecule has 1 aromatic carbocycles. The van der Waals surface area contributed by atoms with Gasteiger partial charge in [-0.15, -0.1) is 0 Å². The molecule has 0 saturated heterocycles. The predicted octanol–water partition coefficient (Wildman–Crippen LogP) is 2.02. The third kappa shape index (κ3) is 2.28. The summed E-state index contributed by atoms with van der Waals surface area (Å²) in [6.45, 7) is 0. The Kier molecular flexibility index (Phi) is 3.21. The molecule has 1 atom stereocenters. The standard InChI is InChI=1S/C15H14N4O/c16-8-13-9-17-19-14(13)18-15(20)12-6-5-10-3-1-2-4-11(10)7-12/h1-4,9,12H,5-7H2,(H2,17,18,19,20). The van der Waals surface area contributed by atoms with Gasteiger partial charge >= 0.3 is 0 Å². The zero-order chi connectivity index (χ0) is 13.9. The number of hydrogen-bond acceptors (Lipinski definition) is 3. The van der Waals surface area contributed by atoms with Crippen LogP contribution < -0.4 is 5.32 Å². The van der Waals surface area contributed by atoms with E-state index in [-0.39, 0.29) is 11.8 Å². The summed E-state index contributed by atoms with van der Waals surface area (Å²) in [4.78, 5) is 12.3. The molecule has 0 saturated carbocycles. The molecule has 5 nitrogen and oxygen atoms in total. The minimum atomic E-state index is -0.0558. The van der Waals surface area contributed by atoms with E-state index in [4.69, 9.17) is 5.26 Å². The summed E-state index contributed by atoms with van der Waals surface area (Å²) >= 11 is 0. The van der Waals surface area contributed by atoms with Crippen LogP contribution in [0.25, 0.3) is 0 Å². The van der Waals surface area contributed by atoms with Crippen LogP contribution in [-0.2, 0) is 17.6 Å². The minimum absolute atomic E-state index is 0.0553. The van der Waals surface area contributed by atoms with Gasteiger partial charge in [-0.05, 0) is 30.4 Å². The molecule has 1 unspecified atom stereocenters. The molecule has 1 amide bonds. The number of aromatic amines is 1. The van der Waals surface area contributed by atoms with Crippen LogP contribution in [0.4, 0.5) is 5.82 Å². The zero-order valence-electron chi connectivity index (χ0n) is 10.9. The molecule has 0 bridgehead atoms. The number of carbonyl (C=O) groups is 1. The van der Waals surface area contributed by atoms with E-state index in [1.54, 1.807) is 0 Å². The van der Waals surface area contributed by atoms with Gasteiger partial charge in [0.15, 0.2) is 0 Å². The molecule has 1 aromatic heterocycles. The molecule has 0 aliphatic heterocycles. The number of anilines is 1. The Balaban J connectivity index is 1.72. The number of benzene rings is 1. The van der Waals surface area contributed by atoms with E-state index in [1.807, 2.05) is 18.2 Å². The summed E-state index contributed by atoms with van der Waals surface area (Å²) in [6, 6.07) is 10.2. The van der Waals surface area contributed by atoms with Crippen LogP contribution in [0.5, 0.6) is 0 Å². The van der Waals surface area contributed by atoms with Crippen LogP contribution in [0.3, 0.4) is 0 Å². The van der Waals surface area contributed by atoms with Crippen molar-refractivity contribution >= 4 is 11.7 Å². The van der Waals surface area contributed by atoms with Crippen LogP contribution in [0.1, 0.15) is 23.1 Å². The highest BCUT2D eigenvalue weighted by Crippen LogP contribution is 2.26. The third-order valence-corrected chi connectivity index (χ3v) is 3.73. The Labute approximate surface area is 116 Å². The smallest absolute Gasteiger partial charge is 0.229 e. The number of amides is 1. The quantitative estimate of drug-likeness (QED) is 0.872. The first-order chi connectivity index (χ1) is 9.78. The molecule has 0 fully saturated rings. The van der Waals surface area contributed by atoms with Crippen molar-refractivity contribution in [2.45, 2.75) is 19.3 Å². The van der Waals surface area contributed by atoms with Crippen molar-refractivity contribution in [1.82, 2.24) is 10.2 Å². The van der Waals surface area contributed by atoms with Gasteiger partial charge in [0.1, 0.15) is 17.5 Å². The van der Waals surface area contributed by atoms with Gasteiger partial charge in [0, 0.05) is 5.92 Å². The number of fused-ring (bicyclic) bond motifs is 1. The van der Waals surface area contributed by atoms with Crippen LogP contribution >= 0.6 is 0 Å². The normalized spacial score (nSPS) is 17.1. The van der Waals surface area contributed by atoms with Crippen LogP contribution in [0.2, 0.25) is 0 Å². The number of carbonyl (C=O) groups excluding carboxylic acids is 1. The van der Waals surface area contributed by atoms with Crippen molar-refractivity contribution in [3.05, 3.63) is 47.2 Å². The average Bonchev–Trinajstić information content (AvgIpc) is 2.94. The Morgan fingerprint density at radius 1 is 1.40 bits per heavy atom. The lowest BCUT2D eigenvalue weighted by molar-refractivity contribution is -0.120. The van der Waals surface area contributed by atoms with Crippen molar-refractivity contribution in [3.8, 4) is 6.07 Å². The largest absolute Gasteiger partial charge is 0.310 e. The molecule has 0 spiro atoms. The highest BCUT2D eigenvalue weighted by Gasteiger charge is 2.25. The van der Waals surface area contributed by atoms with E-state index >= 15 is 0 Å². The Morgan fingerprint density at radius 3 is 3.00 bits per heavy atom. The second-order valence-electron chi connectivity index (χ2n) is 4.97. The lowest BCUT2D eigenvalue weighted by atomic mass is 9.83. The number of aromatic nitrogens is 2. The molecule has 20 heavy (non-hydrogen) atoms. The lowest BCUT2D eigenvalue weighted by Gasteiger charge is -2.23. The van der Waals surface area contributed by atoms with Crippen molar-refractivity contribution < 1.29 is 4.79 Å². The second kappa shape index (κ2) is 5.17. The van der Waals surface area contributed by atoms with Crippen LogP contribution in [0.15, 0.2) is 30.5 Å². The Morgan fingerprint density at radius 2 is 2.20 bits per heavy atom. The van der Waals surface area contributed by atoms with E-state index in [0.29, 0.717) is 11.4 Å². The van der Waals surface area contributed by atoms with Gasteiger partial charge in [-0.2, -0.15) is 10.4 Å². The number of nitrogens with zero attached hydrogens (tertiary/aromatic N) is 2. The van der Waals surface area contributed by atoms with Crippen molar-refractivity contribution in [2.75, 3.05) is 5.32 Å². The monoisotopic (exact) mass is 266 g/mol. The highest BCUT2D eigenvalue weighted by atomic mass is 16.1. The molecule has 100 valence electrons. The number of rotatable bonds is 2. The van der Waals surface area contributed by atoms with Crippen molar-refractivity contribution in [1.29, 1.82) is 5.26 Å². The summed E-state index contributed by atoms with van der Waals surface area (Å²) < 4.78 is 0. The minimum Gasteiger partial charge on any atom is -0.310 e. The van der Waals surface area contributed by atoms with Crippen molar-refractivity contribution in [3.63, 3.8) is 0 Å². The van der Waals surface area contributed by atoms with Gasteiger partial charge < -0.3 is 5.32 Å². The highest BCUT2D eigenvalue weighted by molar-refractivity contribution is 5.93. The van der Waals surface area contributed by atoms with Gasteiger partial charge in [-0.25, -0.2) is 0 Å². The fourth-order valence-electron chi connectivity index (χ4n) is 2.61. The summed E-state index contributed by atoms with van der Waals surface area (Å²) in [5.74, 6) is 0.274. The fraction of sp³-hybridized carbons (Fsp3) is 0.267. The first-order valence-corrected chi connectivity index (χ1v) is 6.59. The summed E-state index contributed by atoms with van der Waals surface area (Å²) in [6.07, 6.45) is 3.91. The topological polar surface area (TPSA) is 81.6 Å². The molecule has 1 heterocycles. The van der Waals surface area contributed by atoms with Gasteiger partial charge in [0.2, 0.25) is 5.91 Å². The van der Waals surface area contributed by atoms with E-state index in [9.17, 15) is 4.79 Å². The first-order valence-electron chi connectivity index (χ1n) is 6.59. The van der Waals surface area contributed by atoms with E-state index in [1.165, 1.54) is 17.3 Å². The van der Waals surface area contributed by atoms with Gasteiger partial charge in [0.25, 0.3) is 0 Å². The maximum Gasteiger partial charge on any atom is 0.229 e. The number of nitriles is 1. The maximum absolute atomic E-state index is 12.3. The molecule has 5 heteroatoms. The van der Waals surface area contributed by atoms with Crippen LogP contribution in [-0.4, -0.2) is 16.1 Å². The first kappa shape index (κ1) is 12.4. The maximum atomic E-state index is 12.3. The van der Waals surface area contributed by atoms with Crippen molar-refractivity contribution in [2.24, 2.45) is 5.92 Å². The molecular formula is C15H14N4O. The third-order valence-electron chi connectivity index (χ3n) is 3.73. The molecule has 2 aromatic rings. The number of hydrogen-bond donors (Lipinski definition) is 2. The average molecular weight is 266 g/mol. The number of nitrogens with one attached hydrogen (secondary N) is 2. The van der Waals surface area contributed by atoms with E-state index < -0.39 is 0 Å². The fourth-order valence-corrected chi connectivity index (χ4v) is 2.61. The predicted molar refractivity (Wildman–Crippen MR) is 73.9 cm³/mol. The van der Waals surface area contributed by atoms with Gasteiger partial charge in [0.05, 0.1) is 6.20 Å². The van der Waals surface area contributed by atoms with E-state index in [0.717, 1.165) is 19.3 Å². The Hall–Kier alpha value is -2.61. The molecule has 0 radical (unpaired) electrons. The summed E-state index contributed by atoms with van der Waals surface area (Å²) in [7, 11) is 0. The summed E-state index contributed by atoms with van der Waals surface area (Å²) in [5.41, 5.74) is 2.93. The summed E-state index contributed by atoms with van der Waals surface area (Å²) in [5, 5.41) is 18.1. The molecule has 3 rings (SSSR count). The molecule has 1 aliphatic carbocycles. The zero-order valence-corrected chi connectivity index (χ0v) is 10.9. The number of aryl methyl sites for hydroxylation is 1. The second-order valence-corrected chi connectivity index (χ2v) is 4.97.